The molecule has 3 aromatic rings. The number of benzene rings is 1. The zero-order valence-corrected chi connectivity index (χ0v) is 27.1. The highest BCUT2D eigenvalue weighted by atomic mass is 32.2. The molecule has 0 saturated carbocycles. The minimum absolute atomic E-state index is 0.177. The summed E-state index contributed by atoms with van der Waals surface area (Å²) >= 11 is 2.52. The maximum atomic E-state index is 12.9. The van der Waals surface area contributed by atoms with Crippen molar-refractivity contribution in [3.63, 3.8) is 0 Å². The van der Waals surface area contributed by atoms with Gasteiger partial charge in [-0.3, -0.25) is 9.59 Å². The second-order valence-corrected chi connectivity index (χ2v) is 14.0. The molecule has 0 atom stereocenters. The van der Waals surface area contributed by atoms with E-state index in [1.54, 1.807) is 11.5 Å². The van der Waals surface area contributed by atoms with E-state index >= 15 is 0 Å². The summed E-state index contributed by atoms with van der Waals surface area (Å²) in [5.74, 6) is -3.43. The van der Waals surface area contributed by atoms with Gasteiger partial charge in [-0.25, -0.2) is 13.2 Å². The lowest BCUT2D eigenvalue weighted by molar-refractivity contribution is -0.115. The number of sulfone groups is 1. The van der Waals surface area contributed by atoms with Gasteiger partial charge >= 0.3 is 5.97 Å². The van der Waals surface area contributed by atoms with Crippen molar-refractivity contribution in [3.8, 4) is 5.75 Å². The molecule has 2 amide bonds. The summed E-state index contributed by atoms with van der Waals surface area (Å²) in [6.45, 7) is 7.47. The highest BCUT2D eigenvalue weighted by Crippen LogP contribution is 2.38. The average Bonchev–Trinajstić information content (AvgIpc) is 3.34. The molecule has 0 radical (unpaired) electrons. The van der Waals surface area contributed by atoms with Gasteiger partial charge in [0.1, 0.15) is 22.3 Å². The molecular weight excluding hydrogens is 615 g/mol. The Morgan fingerprint density at radius 3 is 2.53 bits per heavy atom. The summed E-state index contributed by atoms with van der Waals surface area (Å²) in [7, 11) is -4.17. The molecule has 0 bridgehead atoms. The quantitative estimate of drug-likeness (QED) is 0.165. The van der Waals surface area contributed by atoms with Gasteiger partial charge in [0.15, 0.2) is 14.6 Å². The Morgan fingerprint density at radius 2 is 1.79 bits per heavy atom. The number of rotatable bonds is 13. The molecule has 0 spiro atoms. The van der Waals surface area contributed by atoms with Crippen LogP contribution in [0.15, 0.2) is 23.2 Å². The number of aryl methyl sites for hydroxylation is 1. The first-order chi connectivity index (χ1) is 20.7. The van der Waals surface area contributed by atoms with Crippen molar-refractivity contribution in [1.29, 1.82) is 0 Å². The molecule has 1 aliphatic rings. The number of aromatic nitrogens is 1. The van der Waals surface area contributed by atoms with Crippen LogP contribution in [-0.2, 0) is 48.3 Å². The predicted octanol–water partition coefficient (Wildman–Crippen LogP) is 4.13. The van der Waals surface area contributed by atoms with Gasteiger partial charge < -0.3 is 24.1 Å². The van der Waals surface area contributed by atoms with Crippen molar-refractivity contribution < 1.29 is 37.0 Å². The minimum atomic E-state index is -4.17. The summed E-state index contributed by atoms with van der Waals surface area (Å²) in [4.78, 5) is 44.0. The fraction of sp³-hybridized carbons (Fsp3) is 0.517. The van der Waals surface area contributed by atoms with E-state index < -0.39 is 39.1 Å². The molecule has 234 valence electrons. The predicted molar refractivity (Wildman–Crippen MR) is 167 cm³/mol. The molecule has 1 aromatic carbocycles. The third kappa shape index (κ3) is 8.52. The normalized spacial score (nSPS) is 13.9. The molecule has 43 heavy (non-hydrogen) atoms. The van der Waals surface area contributed by atoms with Crippen molar-refractivity contribution in [2.75, 3.05) is 43.3 Å². The highest BCUT2D eigenvalue weighted by molar-refractivity contribution is 7.92. The van der Waals surface area contributed by atoms with E-state index in [1.165, 1.54) is 22.7 Å². The lowest BCUT2D eigenvalue weighted by atomic mass is 10.1. The van der Waals surface area contributed by atoms with Crippen molar-refractivity contribution in [2.45, 2.75) is 59.4 Å². The summed E-state index contributed by atoms with van der Waals surface area (Å²) in [6.07, 6.45) is 4.42. The Morgan fingerprint density at radius 1 is 1.00 bits per heavy atom. The van der Waals surface area contributed by atoms with Gasteiger partial charge in [-0.1, -0.05) is 17.8 Å². The Bertz CT molecular complexity index is 1650. The number of fused-ring (bicyclic) bond motifs is 2. The smallest absolute Gasteiger partial charge is 0.341 e. The molecule has 2 heterocycles. The Kier molecular flexibility index (Phi) is 11.5. The number of nitrogens with zero attached hydrogens (tertiary/aromatic N) is 2. The van der Waals surface area contributed by atoms with Crippen LogP contribution in [0.3, 0.4) is 0 Å². The van der Waals surface area contributed by atoms with Gasteiger partial charge in [0.2, 0.25) is 5.91 Å². The maximum Gasteiger partial charge on any atom is 0.341 e. The van der Waals surface area contributed by atoms with Gasteiger partial charge in [-0.05, 0) is 70.2 Å². The van der Waals surface area contributed by atoms with Crippen LogP contribution in [0, 0.1) is 0 Å². The largest absolute Gasteiger partial charge is 0.494 e. The lowest BCUT2D eigenvalue weighted by Gasteiger charge is -2.08. The standard InChI is InChI=1S/C29H37N3O8S3/c1-4-38-15-14-32-21-13-12-19(39-5-2)16-23(21)42-29(32)31-25(34)18-43(36,37)17-24(33)30-27-26(28(35)40-6-3)20-10-8-7-9-11-22(20)41-27/h12-13,16H,4-11,14-15,17-18H2,1-3H3,(H,30,33). The highest BCUT2D eigenvalue weighted by Gasteiger charge is 2.28. The number of anilines is 1. The third-order valence-electron chi connectivity index (χ3n) is 6.70. The first-order valence-electron chi connectivity index (χ1n) is 14.4. The first-order valence-corrected chi connectivity index (χ1v) is 17.8. The summed E-state index contributed by atoms with van der Waals surface area (Å²) in [5, 5.41) is 2.89. The number of amides is 2. The van der Waals surface area contributed by atoms with Crippen LogP contribution in [0.4, 0.5) is 5.00 Å². The molecule has 0 fully saturated rings. The fourth-order valence-electron chi connectivity index (χ4n) is 4.90. The van der Waals surface area contributed by atoms with Crippen LogP contribution in [0.1, 0.15) is 60.8 Å². The van der Waals surface area contributed by atoms with Crippen LogP contribution in [0.5, 0.6) is 5.75 Å². The van der Waals surface area contributed by atoms with E-state index in [1.807, 2.05) is 32.0 Å². The molecule has 1 N–H and O–H groups in total. The van der Waals surface area contributed by atoms with E-state index in [4.69, 9.17) is 14.2 Å². The van der Waals surface area contributed by atoms with Crippen molar-refractivity contribution in [2.24, 2.45) is 4.99 Å². The van der Waals surface area contributed by atoms with Gasteiger partial charge in [-0.15, -0.1) is 11.3 Å². The SMILES string of the molecule is CCOCCn1c(=NC(=O)CS(=O)(=O)CC(=O)Nc2sc3c(c2C(=O)OCC)CCCCC3)sc2cc(OCC)ccc21. The number of hydrogen-bond donors (Lipinski definition) is 1. The van der Waals surface area contributed by atoms with Crippen LogP contribution >= 0.6 is 22.7 Å². The van der Waals surface area contributed by atoms with Gasteiger partial charge in [-0.2, -0.15) is 4.99 Å². The fourth-order valence-corrected chi connectivity index (χ4v) is 8.31. The lowest BCUT2D eigenvalue weighted by Crippen LogP contribution is -2.28. The minimum Gasteiger partial charge on any atom is -0.494 e. The zero-order chi connectivity index (χ0) is 31.0. The maximum absolute atomic E-state index is 12.9. The molecular formula is C29H37N3O8S3. The molecule has 0 unspecified atom stereocenters. The summed E-state index contributed by atoms with van der Waals surface area (Å²) < 4.78 is 44.7. The van der Waals surface area contributed by atoms with Crippen LogP contribution in [-0.4, -0.2) is 68.7 Å². The molecule has 1 aliphatic carbocycles. The average molecular weight is 652 g/mol. The Balaban J connectivity index is 1.52. The number of carbonyl (C=O) groups excluding carboxylic acids is 3. The number of ether oxygens (including phenoxy) is 3. The third-order valence-corrected chi connectivity index (χ3v) is 10.3. The van der Waals surface area contributed by atoms with Gasteiger partial charge in [0.05, 0.1) is 35.6 Å². The van der Waals surface area contributed by atoms with Gasteiger partial charge in [0.25, 0.3) is 5.91 Å². The summed E-state index contributed by atoms with van der Waals surface area (Å²) in [5.41, 5.74) is 1.98. The van der Waals surface area contributed by atoms with E-state index in [9.17, 15) is 22.8 Å². The van der Waals surface area contributed by atoms with E-state index in [0.717, 1.165) is 46.3 Å². The van der Waals surface area contributed by atoms with Crippen molar-refractivity contribution >= 4 is 65.5 Å². The van der Waals surface area contributed by atoms with Crippen LogP contribution in [0.2, 0.25) is 0 Å². The zero-order valence-electron chi connectivity index (χ0n) is 24.6. The molecule has 11 nitrogen and oxygen atoms in total. The second-order valence-electron chi connectivity index (χ2n) is 9.87. The number of esters is 1. The van der Waals surface area contributed by atoms with Crippen molar-refractivity contribution in [3.05, 3.63) is 39.0 Å². The molecule has 0 aliphatic heterocycles. The van der Waals surface area contributed by atoms with Crippen LogP contribution < -0.4 is 14.9 Å². The van der Waals surface area contributed by atoms with Crippen LogP contribution in [0.25, 0.3) is 10.2 Å². The number of thiazole rings is 1. The molecule has 0 saturated heterocycles. The monoisotopic (exact) mass is 651 g/mol. The number of thiophene rings is 1. The number of hydrogen-bond acceptors (Lipinski definition) is 10. The van der Waals surface area contributed by atoms with E-state index in [0.29, 0.717) is 48.9 Å². The first kappa shape index (κ1) is 32.8. The van der Waals surface area contributed by atoms with E-state index in [-0.39, 0.29) is 11.6 Å². The van der Waals surface area contributed by atoms with Gasteiger partial charge in [0, 0.05) is 18.0 Å². The number of nitrogens with one attached hydrogen (secondary N) is 1. The Hall–Kier alpha value is -3.07. The molecule has 4 rings (SSSR count). The number of carbonyl (C=O) groups is 3. The van der Waals surface area contributed by atoms with E-state index in [2.05, 4.69) is 10.3 Å². The Labute approximate surface area is 258 Å². The molecule has 14 heteroatoms. The summed E-state index contributed by atoms with van der Waals surface area (Å²) in [6, 6.07) is 5.53. The molecule has 2 aromatic heterocycles. The van der Waals surface area contributed by atoms with Crippen molar-refractivity contribution in [1.82, 2.24) is 4.57 Å². The topological polar surface area (TPSA) is 142 Å². The second kappa shape index (κ2) is 15.1.